The molecular weight excluding hydrogens is 274 g/mol. The quantitative estimate of drug-likeness (QED) is 0.919. The van der Waals surface area contributed by atoms with E-state index in [0.29, 0.717) is 11.7 Å². The number of ether oxygens (including phenoxy) is 1. The van der Waals surface area contributed by atoms with Crippen molar-refractivity contribution < 1.29 is 9.53 Å². The maximum atomic E-state index is 11.6. The van der Waals surface area contributed by atoms with E-state index in [1.54, 1.807) is 0 Å². The normalized spacial score (nSPS) is 14.1. The number of hydrogen-bond donors (Lipinski definition) is 1. The lowest BCUT2D eigenvalue weighted by molar-refractivity contribution is -0.117. The van der Waals surface area contributed by atoms with Gasteiger partial charge in [-0.1, -0.05) is 29.0 Å². The standard InChI is InChI=1S/C14H15N3O2S/c1-9-2-6-11(7-3-9)19-8-12-16-17-14(20-12)15-13(18)10-4-5-10/h2-3,6-7,10H,4-5,8H2,1H3,(H,15,17,18). The van der Waals surface area contributed by atoms with Crippen LogP contribution in [0, 0.1) is 12.8 Å². The smallest absolute Gasteiger partial charge is 0.229 e. The Hall–Kier alpha value is -1.95. The number of anilines is 1. The van der Waals surface area contributed by atoms with Crippen molar-refractivity contribution in [1.82, 2.24) is 10.2 Å². The second-order valence-electron chi connectivity index (χ2n) is 4.87. The molecule has 20 heavy (non-hydrogen) atoms. The van der Waals surface area contributed by atoms with Crippen molar-refractivity contribution in [2.45, 2.75) is 26.4 Å². The topological polar surface area (TPSA) is 64.1 Å². The summed E-state index contributed by atoms with van der Waals surface area (Å²) < 4.78 is 5.62. The highest BCUT2D eigenvalue weighted by Gasteiger charge is 2.30. The molecule has 104 valence electrons. The number of amides is 1. The molecule has 0 saturated heterocycles. The SMILES string of the molecule is Cc1ccc(OCc2nnc(NC(=O)C3CC3)s2)cc1. The first-order chi connectivity index (χ1) is 9.70. The van der Waals surface area contributed by atoms with E-state index in [1.165, 1.54) is 16.9 Å². The van der Waals surface area contributed by atoms with Crippen LogP contribution >= 0.6 is 11.3 Å². The van der Waals surface area contributed by atoms with Crippen LogP contribution in [0.1, 0.15) is 23.4 Å². The third kappa shape index (κ3) is 3.33. The predicted molar refractivity (Wildman–Crippen MR) is 76.8 cm³/mol. The molecule has 1 aliphatic rings. The Bertz CT molecular complexity index is 605. The highest BCUT2D eigenvalue weighted by molar-refractivity contribution is 7.15. The van der Waals surface area contributed by atoms with Crippen molar-refractivity contribution >= 4 is 22.4 Å². The summed E-state index contributed by atoms with van der Waals surface area (Å²) in [7, 11) is 0. The van der Waals surface area contributed by atoms with Crippen molar-refractivity contribution in [3.8, 4) is 5.75 Å². The first-order valence-corrected chi connectivity index (χ1v) is 7.35. The molecule has 1 N–H and O–H groups in total. The lowest BCUT2D eigenvalue weighted by Gasteiger charge is -2.03. The summed E-state index contributed by atoms with van der Waals surface area (Å²) in [5, 5.41) is 12.0. The molecule has 0 radical (unpaired) electrons. The van der Waals surface area contributed by atoms with Crippen LogP contribution in [0.25, 0.3) is 0 Å². The summed E-state index contributed by atoms with van der Waals surface area (Å²) in [6, 6.07) is 7.84. The van der Waals surface area contributed by atoms with E-state index in [4.69, 9.17) is 4.74 Å². The van der Waals surface area contributed by atoms with Crippen LogP contribution in [0.2, 0.25) is 0 Å². The molecule has 5 nitrogen and oxygen atoms in total. The summed E-state index contributed by atoms with van der Waals surface area (Å²) in [6.07, 6.45) is 1.96. The second kappa shape index (κ2) is 5.58. The monoisotopic (exact) mass is 289 g/mol. The molecule has 0 unspecified atom stereocenters. The van der Waals surface area contributed by atoms with E-state index in [-0.39, 0.29) is 11.8 Å². The average molecular weight is 289 g/mol. The number of nitrogens with one attached hydrogen (secondary N) is 1. The van der Waals surface area contributed by atoms with Gasteiger partial charge in [0.2, 0.25) is 11.0 Å². The van der Waals surface area contributed by atoms with Gasteiger partial charge in [-0.3, -0.25) is 4.79 Å². The highest BCUT2D eigenvalue weighted by Crippen LogP contribution is 2.30. The fourth-order valence-corrected chi connectivity index (χ4v) is 2.35. The van der Waals surface area contributed by atoms with Gasteiger partial charge in [0.1, 0.15) is 12.4 Å². The van der Waals surface area contributed by atoms with Crippen LogP contribution in [-0.2, 0) is 11.4 Å². The minimum Gasteiger partial charge on any atom is -0.486 e. The molecule has 3 rings (SSSR count). The Morgan fingerprint density at radius 3 is 2.80 bits per heavy atom. The summed E-state index contributed by atoms with van der Waals surface area (Å²) in [4.78, 5) is 11.6. The molecule has 0 bridgehead atoms. The summed E-state index contributed by atoms with van der Waals surface area (Å²) in [5.41, 5.74) is 1.19. The minimum absolute atomic E-state index is 0.0483. The second-order valence-corrected chi connectivity index (χ2v) is 5.93. The van der Waals surface area contributed by atoms with Gasteiger partial charge in [0.05, 0.1) is 0 Å². The van der Waals surface area contributed by atoms with E-state index < -0.39 is 0 Å². The summed E-state index contributed by atoms with van der Waals surface area (Å²) in [6.45, 7) is 2.39. The van der Waals surface area contributed by atoms with Gasteiger partial charge < -0.3 is 10.1 Å². The van der Waals surface area contributed by atoms with E-state index in [2.05, 4.69) is 15.5 Å². The van der Waals surface area contributed by atoms with Crippen LogP contribution in [0.4, 0.5) is 5.13 Å². The number of rotatable bonds is 5. The summed E-state index contributed by atoms with van der Waals surface area (Å²) >= 11 is 1.35. The molecule has 0 spiro atoms. The van der Waals surface area contributed by atoms with Crippen molar-refractivity contribution in [3.05, 3.63) is 34.8 Å². The number of hydrogen-bond acceptors (Lipinski definition) is 5. The number of carbonyl (C=O) groups is 1. The van der Waals surface area contributed by atoms with E-state index in [9.17, 15) is 4.79 Å². The molecule has 1 saturated carbocycles. The number of nitrogens with zero attached hydrogens (tertiary/aromatic N) is 2. The molecular formula is C14H15N3O2S. The van der Waals surface area contributed by atoms with Crippen LogP contribution in [-0.4, -0.2) is 16.1 Å². The van der Waals surface area contributed by atoms with Gasteiger partial charge in [-0.05, 0) is 31.9 Å². The number of carbonyl (C=O) groups excluding carboxylic acids is 1. The first-order valence-electron chi connectivity index (χ1n) is 6.53. The fraction of sp³-hybridized carbons (Fsp3) is 0.357. The molecule has 0 aliphatic heterocycles. The molecule has 1 aliphatic carbocycles. The van der Waals surface area contributed by atoms with E-state index in [0.717, 1.165) is 23.6 Å². The highest BCUT2D eigenvalue weighted by atomic mass is 32.1. The number of aryl methyl sites for hydroxylation is 1. The van der Waals surface area contributed by atoms with Crippen LogP contribution in [0.5, 0.6) is 5.75 Å². The number of benzene rings is 1. The van der Waals surface area contributed by atoms with Crippen LogP contribution in [0.3, 0.4) is 0 Å². The summed E-state index contributed by atoms with van der Waals surface area (Å²) in [5.74, 6) is 1.02. The Morgan fingerprint density at radius 2 is 2.10 bits per heavy atom. The number of aromatic nitrogens is 2. The third-order valence-electron chi connectivity index (χ3n) is 3.03. The zero-order valence-corrected chi connectivity index (χ0v) is 11.9. The Balaban J connectivity index is 1.54. The van der Waals surface area contributed by atoms with Crippen molar-refractivity contribution in [1.29, 1.82) is 0 Å². The zero-order chi connectivity index (χ0) is 13.9. The average Bonchev–Trinajstić information content (AvgIpc) is 3.20. The van der Waals surface area contributed by atoms with Crippen molar-refractivity contribution in [2.24, 2.45) is 5.92 Å². The minimum atomic E-state index is 0.0483. The van der Waals surface area contributed by atoms with E-state index in [1.807, 2.05) is 31.2 Å². The Labute approximate surface area is 121 Å². The predicted octanol–water partition coefficient (Wildman–Crippen LogP) is 2.77. The Kier molecular flexibility index (Phi) is 3.64. The maximum Gasteiger partial charge on any atom is 0.229 e. The third-order valence-corrected chi connectivity index (χ3v) is 3.84. The van der Waals surface area contributed by atoms with Gasteiger partial charge in [0.15, 0.2) is 5.01 Å². The van der Waals surface area contributed by atoms with E-state index >= 15 is 0 Å². The Morgan fingerprint density at radius 1 is 1.35 bits per heavy atom. The molecule has 1 heterocycles. The van der Waals surface area contributed by atoms with Crippen LogP contribution in [0.15, 0.2) is 24.3 Å². The van der Waals surface area contributed by atoms with Crippen molar-refractivity contribution in [2.75, 3.05) is 5.32 Å². The lowest BCUT2D eigenvalue weighted by Crippen LogP contribution is -2.12. The largest absolute Gasteiger partial charge is 0.486 e. The van der Waals surface area contributed by atoms with Crippen LogP contribution < -0.4 is 10.1 Å². The molecule has 1 aromatic carbocycles. The molecule has 1 amide bonds. The zero-order valence-electron chi connectivity index (χ0n) is 11.1. The molecule has 0 atom stereocenters. The fourth-order valence-electron chi connectivity index (χ4n) is 1.69. The molecule has 6 heteroatoms. The van der Waals surface area contributed by atoms with Gasteiger partial charge in [-0.25, -0.2) is 0 Å². The van der Waals surface area contributed by atoms with Gasteiger partial charge in [0.25, 0.3) is 0 Å². The van der Waals surface area contributed by atoms with Gasteiger partial charge in [0, 0.05) is 5.92 Å². The molecule has 2 aromatic rings. The molecule has 1 fully saturated rings. The molecule has 1 aromatic heterocycles. The maximum absolute atomic E-state index is 11.6. The van der Waals surface area contributed by atoms with Gasteiger partial charge >= 0.3 is 0 Å². The van der Waals surface area contributed by atoms with Gasteiger partial charge in [-0.15, -0.1) is 10.2 Å². The van der Waals surface area contributed by atoms with Gasteiger partial charge in [-0.2, -0.15) is 0 Å². The first kappa shape index (κ1) is 13.1. The lowest BCUT2D eigenvalue weighted by atomic mass is 10.2. The van der Waals surface area contributed by atoms with Crippen molar-refractivity contribution in [3.63, 3.8) is 0 Å².